The number of piperazine rings is 1. The van der Waals surface area contributed by atoms with Gasteiger partial charge < -0.3 is 15.0 Å². The van der Waals surface area contributed by atoms with Crippen molar-refractivity contribution in [3.63, 3.8) is 0 Å². The van der Waals surface area contributed by atoms with Crippen molar-refractivity contribution in [2.45, 2.75) is 13.8 Å². The number of ether oxygens (including phenoxy) is 1. The smallest absolute Gasteiger partial charge is 0.251 e. The van der Waals surface area contributed by atoms with Gasteiger partial charge in [-0.05, 0) is 37.6 Å². The number of aromatic nitrogens is 1. The minimum Gasteiger partial charge on any atom is -0.494 e. The Balaban J connectivity index is 1.27. The average molecular weight is 453 g/mol. The number of hydrogen-bond donors (Lipinski definition) is 1. The Labute approximate surface area is 192 Å². The number of thiazole rings is 1. The highest BCUT2D eigenvalue weighted by Crippen LogP contribution is 2.36. The van der Waals surface area contributed by atoms with E-state index in [1.54, 1.807) is 42.7 Å². The highest BCUT2D eigenvalue weighted by atomic mass is 32.1. The normalized spacial score (nSPS) is 14.5. The lowest BCUT2D eigenvalue weighted by Crippen LogP contribution is -2.48. The van der Waals surface area contributed by atoms with Crippen LogP contribution < -0.4 is 15.0 Å². The maximum atomic E-state index is 12.3. The summed E-state index contributed by atoms with van der Waals surface area (Å²) in [7, 11) is 1.68. The Morgan fingerprint density at radius 3 is 2.41 bits per heavy atom. The van der Waals surface area contributed by atoms with Crippen molar-refractivity contribution in [2.75, 3.05) is 51.3 Å². The molecule has 8 heteroatoms. The van der Waals surface area contributed by atoms with Gasteiger partial charge in [0.05, 0.1) is 11.8 Å². The molecule has 0 unspecified atom stereocenters. The average Bonchev–Trinajstić information content (AvgIpc) is 3.26. The first kappa shape index (κ1) is 22.2. The second kappa shape index (κ2) is 9.67. The fraction of sp³-hybridized carbons (Fsp3) is 0.375. The number of rotatable bonds is 7. The first-order valence-corrected chi connectivity index (χ1v) is 11.6. The van der Waals surface area contributed by atoms with Crippen molar-refractivity contribution in [1.82, 2.24) is 15.2 Å². The Kier molecular flexibility index (Phi) is 6.72. The summed E-state index contributed by atoms with van der Waals surface area (Å²) in [6, 6.07) is 10.8. The van der Waals surface area contributed by atoms with Gasteiger partial charge in [0.1, 0.15) is 11.3 Å². The molecule has 1 amide bonds. The molecule has 168 valence electrons. The van der Waals surface area contributed by atoms with Crippen molar-refractivity contribution < 1.29 is 14.3 Å². The molecule has 4 rings (SSSR count). The Bertz CT molecular complexity index is 1120. The lowest BCUT2D eigenvalue weighted by atomic mass is 10.1. The van der Waals surface area contributed by atoms with E-state index in [9.17, 15) is 9.59 Å². The number of carbonyl (C=O) groups is 2. The van der Waals surface area contributed by atoms with Crippen LogP contribution in [0.5, 0.6) is 5.75 Å². The highest BCUT2D eigenvalue weighted by Gasteiger charge is 2.21. The molecule has 1 fully saturated rings. The molecule has 1 saturated heterocycles. The molecule has 0 spiro atoms. The summed E-state index contributed by atoms with van der Waals surface area (Å²) < 4.78 is 6.66. The zero-order chi connectivity index (χ0) is 22.7. The van der Waals surface area contributed by atoms with Crippen LogP contribution in [0.15, 0.2) is 36.4 Å². The summed E-state index contributed by atoms with van der Waals surface area (Å²) >= 11 is 1.72. The molecule has 0 aliphatic carbocycles. The van der Waals surface area contributed by atoms with Gasteiger partial charge >= 0.3 is 0 Å². The molecule has 1 aliphatic heterocycles. The lowest BCUT2D eigenvalue weighted by Gasteiger charge is -2.34. The summed E-state index contributed by atoms with van der Waals surface area (Å²) in [5.41, 5.74) is 3.34. The number of hydrogen-bond acceptors (Lipinski definition) is 7. The summed E-state index contributed by atoms with van der Waals surface area (Å²) in [6.07, 6.45) is 0. The molecule has 0 saturated carbocycles. The van der Waals surface area contributed by atoms with Gasteiger partial charge in [-0.1, -0.05) is 29.5 Å². The second-order valence-corrected chi connectivity index (χ2v) is 8.95. The Morgan fingerprint density at radius 2 is 1.75 bits per heavy atom. The number of aryl methyl sites for hydroxylation is 1. The van der Waals surface area contributed by atoms with Crippen LogP contribution in [0.4, 0.5) is 5.13 Å². The van der Waals surface area contributed by atoms with Crippen LogP contribution in [0.2, 0.25) is 0 Å². The van der Waals surface area contributed by atoms with Crippen LogP contribution >= 0.6 is 11.3 Å². The molecule has 2 aromatic carbocycles. The van der Waals surface area contributed by atoms with Gasteiger partial charge in [-0.25, -0.2) is 4.98 Å². The van der Waals surface area contributed by atoms with E-state index in [1.807, 2.05) is 6.07 Å². The highest BCUT2D eigenvalue weighted by molar-refractivity contribution is 7.22. The first-order chi connectivity index (χ1) is 15.5. The van der Waals surface area contributed by atoms with Gasteiger partial charge in [-0.15, -0.1) is 0 Å². The van der Waals surface area contributed by atoms with Gasteiger partial charge in [0.15, 0.2) is 10.9 Å². The fourth-order valence-electron chi connectivity index (χ4n) is 3.85. The van der Waals surface area contributed by atoms with E-state index >= 15 is 0 Å². The molecular weight excluding hydrogens is 424 g/mol. The van der Waals surface area contributed by atoms with Gasteiger partial charge in [0.2, 0.25) is 0 Å². The third kappa shape index (κ3) is 4.76. The van der Waals surface area contributed by atoms with Crippen molar-refractivity contribution in [3.8, 4) is 5.75 Å². The largest absolute Gasteiger partial charge is 0.494 e. The molecular formula is C24H28N4O3S. The monoisotopic (exact) mass is 452 g/mol. The third-order valence-electron chi connectivity index (χ3n) is 5.82. The van der Waals surface area contributed by atoms with Crippen LogP contribution in [0, 0.1) is 6.92 Å². The molecule has 32 heavy (non-hydrogen) atoms. The summed E-state index contributed by atoms with van der Waals surface area (Å²) in [5, 5.41) is 4.01. The Morgan fingerprint density at radius 1 is 1.06 bits per heavy atom. The topological polar surface area (TPSA) is 74.8 Å². The predicted octanol–water partition coefficient (Wildman–Crippen LogP) is 3.37. The van der Waals surface area contributed by atoms with E-state index in [-0.39, 0.29) is 11.7 Å². The predicted molar refractivity (Wildman–Crippen MR) is 128 cm³/mol. The van der Waals surface area contributed by atoms with Gasteiger partial charge in [-0.3, -0.25) is 14.5 Å². The zero-order valence-corrected chi connectivity index (χ0v) is 19.5. The number of nitrogens with zero attached hydrogens (tertiary/aromatic N) is 3. The minimum absolute atomic E-state index is 0.00350. The standard InChI is InChI=1S/C24H28N4O3S/c1-16-4-9-20(31-3)21-22(16)32-24(26-21)28-14-12-27(13-15-28)11-10-25-23(30)19-7-5-18(6-8-19)17(2)29/h4-9H,10-15H2,1-3H3,(H,25,30). The maximum Gasteiger partial charge on any atom is 0.251 e. The van der Waals surface area contributed by atoms with E-state index in [1.165, 1.54) is 17.2 Å². The minimum atomic E-state index is -0.113. The quantitative estimate of drug-likeness (QED) is 0.554. The van der Waals surface area contributed by atoms with Crippen LogP contribution in [0.25, 0.3) is 10.2 Å². The number of ketones is 1. The molecule has 1 aromatic heterocycles. The number of amides is 1. The lowest BCUT2D eigenvalue weighted by molar-refractivity contribution is 0.0945. The van der Waals surface area contributed by atoms with E-state index in [4.69, 9.17) is 9.72 Å². The van der Waals surface area contributed by atoms with Gasteiger partial charge in [0.25, 0.3) is 5.91 Å². The van der Waals surface area contributed by atoms with E-state index in [0.29, 0.717) is 17.7 Å². The number of Topliss-reactive ketones (excluding diaryl/α,β-unsaturated/α-hetero) is 1. The third-order valence-corrected chi connectivity index (χ3v) is 7.07. The van der Waals surface area contributed by atoms with Crippen LogP contribution in [0.1, 0.15) is 33.2 Å². The first-order valence-electron chi connectivity index (χ1n) is 10.8. The fourth-order valence-corrected chi connectivity index (χ4v) is 4.95. The van der Waals surface area contributed by atoms with Gasteiger partial charge in [0, 0.05) is 50.4 Å². The van der Waals surface area contributed by atoms with E-state index in [0.717, 1.165) is 49.1 Å². The molecule has 0 bridgehead atoms. The van der Waals surface area contributed by atoms with E-state index in [2.05, 4.69) is 28.1 Å². The number of fused-ring (bicyclic) bond motifs is 1. The summed E-state index contributed by atoms with van der Waals surface area (Å²) in [5.74, 6) is 0.701. The van der Waals surface area contributed by atoms with E-state index < -0.39 is 0 Å². The number of carbonyl (C=O) groups excluding carboxylic acids is 2. The van der Waals surface area contributed by atoms with Crippen molar-refractivity contribution in [3.05, 3.63) is 53.1 Å². The Hall–Kier alpha value is -2.97. The SMILES string of the molecule is COc1ccc(C)c2sc(N3CCN(CCNC(=O)c4ccc(C(C)=O)cc4)CC3)nc12. The zero-order valence-electron chi connectivity index (χ0n) is 18.7. The van der Waals surface area contributed by atoms with Crippen LogP contribution in [-0.2, 0) is 0 Å². The van der Waals surface area contributed by atoms with Crippen LogP contribution in [0.3, 0.4) is 0 Å². The number of benzene rings is 2. The summed E-state index contributed by atoms with van der Waals surface area (Å²) in [6.45, 7) is 8.67. The summed E-state index contributed by atoms with van der Waals surface area (Å²) in [4.78, 5) is 33.2. The molecule has 1 N–H and O–H groups in total. The number of methoxy groups -OCH3 is 1. The molecule has 7 nitrogen and oxygen atoms in total. The number of anilines is 1. The number of nitrogens with one attached hydrogen (secondary N) is 1. The second-order valence-electron chi connectivity index (χ2n) is 7.98. The van der Waals surface area contributed by atoms with Crippen molar-refractivity contribution in [2.24, 2.45) is 0 Å². The van der Waals surface area contributed by atoms with Crippen molar-refractivity contribution in [1.29, 1.82) is 0 Å². The molecule has 0 atom stereocenters. The molecule has 0 radical (unpaired) electrons. The van der Waals surface area contributed by atoms with Crippen molar-refractivity contribution >= 4 is 38.4 Å². The molecule has 1 aliphatic rings. The van der Waals surface area contributed by atoms with Crippen LogP contribution in [-0.4, -0.2) is 68.0 Å². The molecule has 3 aromatic rings. The van der Waals surface area contributed by atoms with Gasteiger partial charge in [-0.2, -0.15) is 0 Å². The molecule has 2 heterocycles. The maximum absolute atomic E-state index is 12.3.